The summed E-state index contributed by atoms with van der Waals surface area (Å²) < 4.78 is 4.41. The molecular weight excluding hydrogens is 609 g/mol. The van der Waals surface area contributed by atoms with Gasteiger partial charge < -0.3 is 4.57 Å². The van der Waals surface area contributed by atoms with Gasteiger partial charge in [0, 0.05) is 45.5 Å². The molecule has 238 valence electrons. The lowest BCUT2D eigenvalue weighted by Crippen LogP contribution is -2.15. The largest absolute Gasteiger partial charge is 0.309 e. The number of hydrogen-bond donors (Lipinski definition) is 0. The van der Waals surface area contributed by atoms with E-state index in [1.165, 1.54) is 72.0 Å². The van der Waals surface area contributed by atoms with E-state index >= 15 is 0 Å². The van der Waals surface area contributed by atoms with Gasteiger partial charge in [-0.25, -0.2) is 9.97 Å². The highest BCUT2D eigenvalue weighted by molar-refractivity contribution is 6.10. The Morgan fingerprint density at radius 3 is 2.00 bits per heavy atom. The number of aromatic nitrogens is 4. The molecule has 0 unspecified atom stereocenters. The van der Waals surface area contributed by atoms with Crippen LogP contribution in [0, 0.1) is 6.92 Å². The molecule has 3 heterocycles. The zero-order valence-corrected chi connectivity index (χ0v) is 28.2. The maximum absolute atomic E-state index is 4.76. The molecule has 0 aliphatic heterocycles. The first kappa shape index (κ1) is 28.7. The third-order valence-corrected chi connectivity index (χ3v) is 10.7. The number of benzene rings is 6. The van der Waals surface area contributed by atoms with Crippen LogP contribution < -0.4 is 0 Å². The lowest BCUT2D eigenvalue weighted by atomic mass is 9.81. The molecule has 50 heavy (non-hydrogen) atoms. The standard InChI is InChI=1S/C46H34N4/c1-29-23-24-49-28-42(48-45(49)47-29)32-15-13-31(14-16-32)34-17-20-36-37-21-19-35(27-41(37)46(2,3)40(36)26-34)50-43-12-8-7-11-38(43)39-25-33(18-22-44(39)50)30-9-5-4-6-10-30/h4-28H,1-3H3. The van der Waals surface area contributed by atoms with Crippen molar-refractivity contribution in [3.63, 3.8) is 0 Å². The lowest BCUT2D eigenvalue weighted by molar-refractivity contribution is 0.660. The van der Waals surface area contributed by atoms with E-state index in [2.05, 4.69) is 157 Å². The summed E-state index contributed by atoms with van der Waals surface area (Å²) in [6.45, 7) is 6.72. The molecule has 0 bridgehead atoms. The molecular formula is C46H34N4. The molecule has 0 fully saturated rings. The normalized spacial score (nSPS) is 13.3. The number of fused-ring (bicyclic) bond motifs is 7. The number of hydrogen-bond acceptors (Lipinski definition) is 2. The molecule has 0 spiro atoms. The topological polar surface area (TPSA) is 35.1 Å². The Bertz CT molecular complexity index is 2780. The number of rotatable bonds is 4. The van der Waals surface area contributed by atoms with E-state index in [4.69, 9.17) is 4.98 Å². The molecule has 10 rings (SSSR count). The minimum Gasteiger partial charge on any atom is -0.309 e. The summed E-state index contributed by atoms with van der Waals surface area (Å²) in [6, 6.07) is 51.1. The molecule has 0 saturated heterocycles. The molecule has 3 aromatic heterocycles. The van der Waals surface area contributed by atoms with Crippen molar-refractivity contribution in [2.75, 3.05) is 0 Å². The Labute approximate surface area is 291 Å². The Kier molecular flexibility index (Phi) is 6.10. The molecule has 0 atom stereocenters. The molecule has 0 N–H and O–H groups in total. The summed E-state index contributed by atoms with van der Waals surface area (Å²) in [5.41, 5.74) is 16.7. The molecule has 0 amide bonds. The van der Waals surface area contributed by atoms with Gasteiger partial charge in [0.05, 0.1) is 16.7 Å². The average molecular weight is 643 g/mol. The molecule has 9 aromatic rings. The summed E-state index contributed by atoms with van der Waals surface area (Å²) in [6.07, 6.45) is 4.06. The second-order valence-electron chi connectivity index (χ2n) is 14.0. The summed E-state index contributed by atoms with van der Waals surface area (Å²) in [5, 5.41) is 2.54. The van der Waals surface area contributed by atoms with Crippen molar-refractivity contribution in [2.45, 2.75) is 26.2 Å². The smallest absolute Gasteiger partial charge is 0.234 e. The van der Waals surface area contributed by atoms with E-state index in [0.717, 1.165) is 22.7 Å². The quantitative estimate of drug-likeness (QED) is 0.191. The van der Waals surface area contributed by atoms with Crippen molar-refractivity contribution < 1.29 is 0 Å². The molecule has 0 radical (unpaired) electrons. The van der Waals surface area contributed by atoms with Gasteiger partial charge in [-0.05, 0) is 93.9 Å². The van der Waals surface area contributed by atoms with Crippen LogP contribution in [0.2, 0.25) is 0 Å². The van der Waals surface area contributed by atoms with Gasteiger partial charge in [-0.1, -0.05) is 111 Å². The van der Waals surface area contributed by atoms with Crippen molar-refractivity contribution in [2.24, 2.45) is 0 Å². The summed E-state index contributed by atoms with van der Waals surface area (Å²) in [4.78, 5) is 9.32. The Balaban J connectivity index is 1.02. The van der Waals surface area contributed by atoms with E-state index < -0.39 is 0 Å². The fourth-order valence-corrected chi connectivity index (χ4v) is 8.04. The second-order valence-corrected chi connectivity index (χ2v) is 14.0. The average Bonchev–Trinajstić information content (AvgIpc) is 3.79. The minimum absolute atomic E-state index is 0.155. The van der Waals surface area contributed by atoms with E-state index in [1.54, 1.807) is 0 Å². The first-order valence-corrected chi connectivity index (χ1v) is 17.2. The third-order valence-electron chi connectivity index (χ3n) is 10.7. The van der Waals surface area contributed by atoms with Crippen LogP contribution in [0.1, 0.15) is 30.7 Å². The molecule has 6 aromatic carbocycles. The highest BCUT2D eigenvalue weighted by Gasteiger charge is 2.36. The first-order valence-electron chi connectivity index (χ1n) is 17.2. The van der Waals surface area contributed by atoms with Crippen LogP contribution in [0.4, 0.5) is 0 Å². The van der Waals surface area contributed by atoms with Crippen LogP contribution in [-0.4, -0.2) is 18.9 Å². The monoisotopic (exact) mass is 642 g/mol. The highest BCUT2D eigenvalue weighted by atomic mass is 15.1. The van der Waals surface area contributed by atoms with Gasteiger partial charge in [0.15, 0.2) is 0 Å². The Morgan fingerprint density at radius 2 is 1.16 bits per heavy atom. The zero-order valence-electron chi connectivity index (χ0n) is 28.2. The van der Waals surface area contributed by atoms with Gasteiger partial charge in [0.1, 0.15) is 0 Å². The number of para-hydroxylation sites is 1. The van der Waals surface area contributed by atoms with Gasteiger partial charge in [-0.2, -0.15) is 0 Å². The van der Waals surface area contributed by atoms with Gasteiger partial charge in [-0.3, -0.25) is 4.40 Å². The summed E-state index contributed by atoms with van der Waals surface area (Å²) >= 11 is 0. The molecule has 1 aliphatic carbocycles. The van der Waals surface area contributed by atoms with E-state index in [1.807, 2.05) is 29.8 Å². The van der Waals surface area contributed by atoms with E-state index in [9.17, 15) is 0 Å². The van der Waals surface area contributed by atoms with Crippen LogP contribution >= 0.6 is 0 Å². The fourth-order valence-electron chi connectivity index (χ4n) is 8.04. The predicted octanol–water partition coefficient (Wildman–Crippen LogP) is 11.4. The predicted molar refractivity (Wildman–Crippen MR) is 206 cm³/mol. The van der Waals surface area contributed by atoms with Crippen molar-refractivity contribution in [3.05, 3.63) is 169 Å². The van der Waals surface area contributed by atoms with Crippen molar-refractivity contribution in [3.8, 4) is 50.3 Å². The van der Waals surface area contributed by atoms with Crippen molar-refractivity contribution >= 4 is 27.6 Å². The fraction of sp³-hybridized carbons (Fsp3) is 0.0870. The third kappa shape index (κ3) is 4.31. The number of aryl methyl sites for hydroxylation is 1. The SMILES string of the molecule is Cc1ccn2cc(-c3ccc(-c4ccc5c(c4)C(C)(C)c4cc(-n6c7ccccc7c7cc(-c8ccccc8)ccc76)ccc4-5)cc3)nc2n1. The number of nitrogens with zero attached hydrogens (tertiary/aromatic N) is 4. The summed E-state index contributed by atoms with van der Waals surface area (Å²) in [5.74, 6) is 0.725. The van der Waals surface area contributed by atoms with Gasteiger partial charge >= 0.3 is 0 Å². The van der Waals surface area contributed by atoms with Gasteiger partial charge in [-0.15, -0.1) is 0 Å². The van der Waals surface area contributed by atoms with Crippen molar-refractivity contribution in [1.82, 2.24) is 18.9 Å². The summed E-state index contributed by atoms with van der Waals surface area (Å²) in [7, 11) is 0. The van der Waals surface area contributed by atoms with E-state index in [-0.39, 0.29) is 5.41 Å². The molecule has 1 aliphatic rings. The van der Waals surface area contributed by atoms with Crippen LogP contribution in [0.3, 0.4) is 0 Å². The second kappa shape index (κ2) is 10.6. The first-order chi connectivity index (χ1) is 24.4. The molecule has 4 nitrogen and oxygen atoms in total. The van der Waals surface area contributed by atoms with Crippen molar-refractivity contribution in [1.29, 1.82) is 0 Å². The van der Waals surface area contributed by atoms with Crippen LogP contribution in [0.15, 0.2) is 152 Å². The highest BCUT2D eigenvalue weighted by Crippen LogP contribution is 2.50. The van der Waals surface area contributed by atoms with Gasteiger partial charge in [0.2, 0.25) is 5.78 Å². The van der Waals surface area contributed by atoms with Crippen LogP contribution in [0.5, 0.6) is 0 Å². The maximum Gasteiger partial charge on any atom is 0.234 e. The van der Waals surface area contributed by atoms with Gasteiger partial charge in [0.25, 0.3) is 0 Å². The molecule has 0 saturated carbocycles. The Hall–Kier alpha value is -6.26. The van der Waals surface area contributed by atoms with E-state index in [0.29, 0.717) is 0 Å². The number of imidazole rings is 1. The van der Waals surface area contributed by atoms with Crippen LogP contribution in [-0.2, 0) is 5.41 Å². The zero-order chi connectivity index (χ0) is 33.6. The maximum atomic E-state index is 4.76. The van der Waals surface area contributed by atoms with Crippen LogP contribution in [0.25, 0.3) is 77.9 Å². The molecule has 4 heteroatoms. The lowest BCUT2D eigenvalue weighted by Gasteiger charge is -2.23. The minimum atomic E-state index is -0.155. The Morgan fingerprint density at radius 1 is 0.520 bits per heavy atom.